The van der Waals surface area contributed by atoms with Gasteiger partial charge in [0.1, 0.15) is 5.01 Å². The Balaban J connectivity index is 2.37. The van der Waals surface area contributed by atoms with Crippen molar-refractivity contribution in [3.05, 3.63) is 16.1 Å². The van der Waals surface area contributed by atoms with Crippen LogP contribution in [0.2, 0.25) is 0 Å². The fraction of sp³-hybridized carbons (Fsp3) is 0.750. The highest BCUT2D eigenvalue weighted by Gasteiger charge is 2.09. The van der Waals surface area contributed by atoms with E-state index in [1.807, 2.05) is 11.8 Å². The molecule has 16 heavy (non-hydrogen) atoms. The smallest absolute Gasteiger partial charge is 0.103 e. The van der Waals surface area contributed by atoms with Crippen molar-refractivity contribution in [3.8, 4) is 0 Å². The van der Waals surface area contributed by atoms with Gasteiger partial charge in [-0.15, -0.1) is 11.3 Å². The average molecular weight is 258 g/mol. The second-order valence-corrected chi connectivity index (χ2v) is 5.98. The van der Waals surface area contributed by atoms with E-state index in [-0.39, 0.29) is 0 Å². The maximum atomic E-state index is 4.69. The Morgan fingerprint density at radius 1 is 1.50 bits per heavy atom. The van der Waals surface area contributed by atoms with Crippen molar-refractivity contribution in [1.82, 2.24) is 10.3 Å². The summed E-state index contributed by atoms with van der Waals surface area (Å²) in [5.74, 6) is 2.84. The molecule has 0 saturated heterocycles. The zero-order valence-electron chi connectivity index (χ0n) is 10.5. The van der Waals surface area contributed by atoms with Gasteiger partial charge in [-0.2, -0.15) is 11.8 Å². The minimum absolute atomic E-state index is 0.529. The van der Waals surface area contributed by atoms with Crippen molar-refractivity contribution in [1.29, 1.82) is 0 Å². The van der Waals surface area contributed by atoms with Gasteiger partial charge >= 0.3 is 0 Å². The molecule has 0 amide bonds. The van der Waals surface area contributed by atoms with E-state index in [1.165, 1.54) is 22.9 Å². The van der Waals surface area contributed by atoms with Gasteiger partial charge in [-0.05, 0) is 18.7 Å². The molecule has 92 valence electrons. The monoisotopic (exact) mass is 258 g/mol. The van der Waals surface area contributed by atoms with Crippen LogP contribution in [0.1, 0.15) is 43.8 Å². The van der Waals surface area contributed by atoms with E-state index in [4.69, 9.17) is 4.98 Å². The molecule has 0 bridgehead atoms. The van der Waals surface area contributed by atoms with Gasteiger partial charge in [-0.25, -0.2) is 4.98 Å². The van der Waals surface area contributed by atoms with Crippen molar-refractivity contribution in [2.24, 2.45) is 0 Å². The first-order valence-corrected chi connectivity index (χ1v) is 8.04. The molecule has 1 atom stereocenters. The molecule has 0 aromatic carbocycles. The van der Waals surface area contributed by atoms with Crippen LogP contribution >= 0.6 is 23.1 Å². The van der Waals surface area contributed by atoms with E-state index in [0.717, 1.165) is 18.8 Å². The summed E-state index contributed by atoms with van der Waals surface area (Å²) in [6, 6.07) is 0. The predicted octanol–water partition coefficient (Wildman–Crippen LogP) is 3.50. The van der Waals surface area contributed by atoms with Crippen molar-refractivity contribution in [2.75, 3.05) is 18.8 Å². The van der Waals surface area contributed by atoms with E-state index in [0.29, 0.717) is 5.92 Å². The van der Waals surface area contributed by atoms with E-state index >= 15 is 0 Å². The molecule has 0 saturated carbocycles. The fourth-order valence-electron chi connectivity index (χ4n) is 1.39. The van der Waals surface area contributed by atoms with Crippen LogP contribution in [0.15, 0.2) is 5.38 Å². The third-order valence-corrected chi connectivity index (χ3v) is 4.57. The van der Waals surface area contributed by atoms with Crippen LogP contribution in [0.25, 0.3) is 0 Å². The summed E-state index contributed by atoms with van der Waals surface area (Å²) in [7, 11) is 0. The minimum atomic E-state index is 0.529. The third-order valence-electron chi connectivity index (χ3n) is 2.35. The van der Waals surface area contributed by atoms with E-state index in [1.54, 1.807) is 11.3 Å². The van der Waals surface area contributed by atoms with Gasteiger partial charge in [0.15, 0.2) is 0 Å². The van der Waals surface area contributed by atoms with Crippen molar-refractivity contribution in [3.63, 3.8) is 0 Å². The topological polar surface area (TPSA) is 24.9 Å². The first-order valence-electron chi connectivity index (χ1n) is 6.00. The number of nitrogens with zero attached hydrogens (tertiary/aromatic N) is 1. The number of hydrogen-bond acceptors (Lipinski definition) is 4. The van der Waals surface area contributed by atoms with E-state index < -0.39 is 0 Å². The number of hydrogen-bond donors (Lipinski definition) is 1. The molecule has 1 N–H and O–H groups in total. The minimum Gasteiger partial charge on any atom is -0.316 e. The summed E-state index contributed by atoms with van der Waals surface area (Å²) in [4.78, 5) is 4.69. The summed E-state index contributed by atoms with van der Waals surface area (Å²) >= 11 is 3.78. The molecule has 1 aromatic rings. The van der Waals surface area contributed by atoms with Gasteiger partial charge in [0.05, 0.1) is 5.69 Å². The zero-order chi connectivity index (χ0) is 11.8. The molecule has 2 nitrogen and oxygen atoms in total. The number of aromatic nitrogens is 1. The number of likely N-dealkylation sites (N-methyl/N-ethyl adjacent to an activating group) is 1. The lowest BCUT2D eigenvalue weighted by atomic mass is 10.1. The quantitative estimate of drug-likeness (QED) is 0.722. The highest BCUT2D eigenvalue weighted by atomic mass is 32.2. The molecule has 0 radical (unpaired) electrons. The molecule has 0 aliphatic heterocycles. The van der Waals surface area contributed by atoms with Gasteiger partial charge in [-0.3, -0.25) is 0 Å². The molecular weight excluding hydrogens is 236 g/mol. The van der Waals surface area contributed by atoms with Crippen molar-refractivity contribution < 1.29 is 0 Å². The summed E-state index contributed by atoms with van der Waals surface area (Å²) < 4.78 is 0. The Hall–Kier alpha value is -0.0600. The van der Waals surface area contributed by atoms with Crippen molar-refractivity contribution in [2.45, 2.75) is 38.9 Å². The van der Waals surface area contributed by atoms with Crippen LogP contribution in [0, 0.1) is 0 Å². The summed E-state index contributed by atoms with van der Waals surface area (Å²) in [6.07, 6.45) is 1.25. The largest absolute Gasteiger partial charge is 0.316 e. The molecule has 0 aliphatic rings. The number of thiazole rings is 1. The van der Waals surface area contributed by atoms with Crippen LogP contribution in [0.5, 0.6) is 0 Å². The molecule has 0 fully saturated rings. The van der Waals surface area contributed by atoms with Crippen LogP contribution in [0.4, 0.5) is 0 Å². The summed E-state index contributed by atoms with van der Waals surface area (Å²) in [6.45, 7) is 8.66. The first kappa shape index (κ1) is 14.0. The number of rotatable bonds is 8. The number of nitrogens with one attached hydrogen (secondary N) is 1. The Morgan fingerprint density at radius 3 is 3.00 bits per heavy atom. The van der Waals surface area contributed by atoms with Crippen LogP contribution in [-0.2, 0) is 5.75 Å². The summed E-state index contributed by atoms with van der Waals surface area (Å²) in [5, 5.41) is 6.85. The van der Waals surface area contributed by atoms with Crippen LogP contribution < -0.4 is 5.32 Å². The fourth-order valence-corrected chi connectivity index (χ4v) is 3.28. The van der Waals surface area contributed by atoms with Gasteiger partial charge in [-0.1, -0.05) is 20.8 Å². The van der Waals surface area contributed by atoms with Gasteiger partial charge in [0, 0.05) is 23.6 Å². The normalized spacial score (nSPS) is 12.9. The molecule has 1 heterocycles. The SMILES string of the molecule is CCCSCc1nc(C(C)CNCC)cs1. The van der Waals surface area contributed by atoms with Gasteiger partial charge < -0.3 is 5.32 Å². The first-order chi connectivity index (χ1) is 7.77. The Morgan fingerprint density at radius 2 is 2.31 bits per heavy atom. The summed E-state index contributed by atoms with van der Waals surface area (Å²) in [5.41, 5.74) is 1.25. The van der Waals surface area contributed by atoms with Crippen LogP contribution in [-0.4, -0.2) is 23.8 Å². The van der Waals surface area contributed by atoms with Gasteiger partial charge in [0.25, 0.3) is 0 Å². The lowest BCUT2D eigenvalue weighted by molar-refractivity contribution is 0.624. The highest BCUT2D eigenvalue weighted by Crippen LogP contribution is 2.21. The molecular formula is C12H22N2S2. The van der Waals surface area contributed by atoms with Crippen LogP contribution in [0.3, 0.4) is 0 Å². The lowest BCUT2D eigenvalue weighted by Crippen LogP contribution is -2.19. The lowest BCUT2D eigenvalue weighted by Gasteiger charge is -2.08. The van der Waals surface area contributed by atoms with Crippen molar-refractivity contribution >= 4 is 23.1 Å². The zero-order valence-corrected chi connectivity index (χ0v) is 12.1. The molecule has 0 spiro atoms. The van der Waals surface area contributed by atoms with E-state index in [9.17, 15) is 0 Å². The predicted molar refractivity (Wildman–Crippen MR) is 75.5 cm³/mol. The molecule has 1 unspecified atom stereocenters. The Bertz CT molecular complexity index is 286. The highest BCUT2D eigenvalue weighted by molar-refractivity contribution is 7.98. The molecule has 4 heteroatoms. The molecule has 0 aliphatic carbocycles. The van der Waals surface area contributed by atoms with Gasteiger partial charge in [0.2, 0.25) is 0 Å². The molecule has 1 aromatic heterocycles. The Kier molecular flexibility index (Phi) is 7.08. The number of thioether (sulfide) groups is 1. The third kappa shape index (κ3) is 4.85. The second-order valence-electron chi connectivity index (χ2n) is 3.93. The standard InChI is InChI=1S/C12H22N2S2/c1-4-6-15-9-12-14-11(8-16-12)10(3)7-13-5-2/h8,10,13H,4-7,9H2,1-3H3. The Labute approximate surface area is 107 Å². The maximum absolute atomic E-state index is 4.69. The maximum Gasteiger partial charge on any atom is 0.103 e. The average Bonchev–Trinajstić information content (AvgIpc) is 2.75. The molecule has 1 rings (SSSR count). The second kappa shape index (κ2) is 8.09. The van der Waals surface area contributed by atoms with E-state index in [2.05, 4.69) is 31.5 Å².